The maximum Gasteiger partial charge on any atom is 0.439 e. The maximum absolute atomic E-state index is 13.0. The Morgan fingerprint density at radius 1 is 1.03 bits per heavy atom. The lowest BCUT2D eigenvalue weighted by Gasteiger charge is -2.09. The zero-order valence-corrected chi connectivity index (χ0v) is 17.8. The van der Waals surface area contributed by atoms with E-state index in [0.717, 1.165) is 16.5 Å². The third kappa shape index (κ3) is 4.37. The zero-order valence-electron chi connectivity index (χ0n) is 17.1. The Morgan fingerprint density at radius 2 is 1.88 bits per heavy atom. The number of hydrogen-bond acceptors (Lipinski definition) is 5. The van der Waals surface area contributed by atoms with Crippen LogP contribution in [0.15, 0.2) is 82.1 Å². The highest BCUT2D eigenvalue weighted by molar-refractivity contribution is 6.31. The van der Waals surface area contributed by atoms with Crippen LogP contribution in [0.5, 0.6) is 5.75 Å². The van der Waals surface area contributed by atoms with Gasteiger partial charge in [0, 0.05) is 16.0 Å². The predicted octanol–water partition coefficient (Wildman–Crippen LogP) is 5.00. The molecule has 0 aliphatic rings. The number of nitrogens with zero attached hydrogens (tertiary/aromatic N) is 1. The van der Waals surface area contributed by atoms with Crippen molar-refractivity contribution in [1.29, 1.82) is 0 Å². The molecule has 0 spiro atoms. The number of amides is 1. The summed E-state index contributed by atoms with van der Waals surface area (Å²) in [7, 11) is 0. The topological polar surface area (TPSA) is 113 Å². The van der Waals surface area contributed by atoms with E-state index in [1.807, 2.05) is 48.5 Å². The lowest BCUT2D eigenvalue weighted by Crippen LogP contribution is -2.13. The summed E-state index contributed by atoms with van der Waals surface area (Å²) >= 11 is 6.09. The molecule has 0 aliphatic heterocycles. The molecule has 8 nitrogen and oxygen atoms in total. The molecule has 0 radical (unpaired) electrons. The van der Waals surface area contributed by atoms with E-state index in [-0.39, 0.29) is 11.7 Å². The third-order valence-corrected chi connectivity index (χ3v) is 5.26. The molecule has 0 fully saturated rings. The number of ether oxygens (including phenoxy) is 1. The number of fused-ring (bicyclic) bond motifs is 1. The van der Waals surface area contributed by atoms with Crippen LogP contribution >= 0.6 is 11.6 Å². The molecule has 0 unspecified atom stereocenters. The van der Waals surface area contributed by atoms with Crippen LogP contribution in [-0.4, -0.2) is 21.0 Å². The number of H-pyrrole nitrogens is 2. The van der Waals surface area contributed by atoms with Crippen LogP contribution in [0.25, 0.3) is 22.3 Å². The van der Waals surface area contributed by atoms with Crippen molar-refractivity contribution in [2.45, 2.75) is 6.61 Å². The van der Waals surface area contributed by atoms with Crippen molar-refractivity contribution in [3.05, 3.63) is 99.6 Å². The highest BCUT2D eigenvalue weighted by atomic mass is 35.5. The number of aromatic nitrogens is 3. The van der Waals surface area contributed by atoms with Crippen LogP contribution in [0, 0.1) is 0 Å². The van der Waals surface area contributed by atoms with Gasteiger partial charge < -0.3 is 15.0 Å². The molecule has 0 aliphatic carbocycles. The van der Waals surface area contributed by atoms with E-state index in [1.54, 1.807) is 24.3 Å². The summed E-state index contributed by atoms with van der Waals surface area (Å²) in [4.78, 5) is 30.0. The Labute approximate surface area is 192 Å². The second-order valence-corrected chi connectivity index (χ2v) is 7.70. The van der Waals surface area contributed by atoms with E-state index in [2.05, 4.69) is 25.0 Å². The van der Waals surface area contributed by atoms with Crippen LogP contribution in [0.1, 0.15) is 16.1 Å². The van der Waals surface area contributed by atoms with Crippen LogP contribution in [-0.2, 0) is 6.61 Å². The molecule has 1 amide bonds. The minimum atomic E-state index is -0.707. The first-order valence-electron chi connectivity index (χ1n) is 10.0. The van der Waals surface area contributed by atoms with Gasteiger partial charge in [0.25, 0.3) is 5.91 Å². The minimum absolute atomic E-state index is 0.158. The Kier molecular flexibility index (Phi) is 5.42. The molecule has 33 heavy (non-hydrogen) atoms. The fraction of sp³-hybridized carbons (Fsp3) is 0.0417. The van der Waals surface area contributed by atoms with E-state index in [1.165, 1.54) is 0 Å². The number of anilines is 1. The van der Waals surface area contributed by atoms with Gasteiger partial charge >= 0.3 is 5.76 Å². The Hall–Kier alpha value is -4.30. The molecule has 2 heterocycles. The molecular weight excluding hydrogens is 444 g/mol. The van der Waals surface area contributed by atoms with Crippen molar-refractivity contribution in [2.75, 3.05) is 5.32 Å². The first-order valence-corrected chi connectivity index (χ1v) is 10.4. The fourth-order valence-electron chi connectivity index (χ4n) is 3.46. The summed E-state index contributed by atoms with van der Waals surface area (Å²) in [5, 5.41) is 7.76. The lowest BCUT2D eigenvalue weighted by molar-refractivity contribution is 0.102. The summed E-state index contributed by atoms with van der Waals surface area (Å²) in [6, 6.07) is 22.0. The van der Waals surface area contributed by atoms with Crippen molar-refractivity contribution in [1.82, 2.24) is 15.1 Å². The monoisotopic (exact) mass is 460 g/mol. The lowest BCUT2D eigenvalue weighted by atomic mass is 10.1. The van der Waals surface area contributed by atoms with Crippen molar-refractivity contribution in [3.8, 4) is 17.1 Å². The molecule has 5 aromatic rings. The predicted molar refractivity (Wildman–Crippen MR) is 125 cm³/mol. The molecule has 2 aromatic heterocycles. The van der Waals surface area contributed by atoms with Crippen molar-refractivity contribution in [2.24, 2.45) is 0 Å². The van der Waals surface area contributed by atoms with Gasteiger partial charge in [-0.2, -0.15) is 0 Å². The zero-order chi connectivity index (χ0) is 22.8. The van der Waals surface area contributed by atoms with Crippen molar-refractivity contribution in [3.63, 3.8) is 0 Å². The highest BCUT2D eigenvalue weighted by Crippen LogP contribution is 2.30. The Bertz CT molecular complexity index is 1500. The van der Waals surface area contributed by atoms with Gasteiger partial charge in [0.15, 0.2) is 5.82 Å². The molecule has 0 saturated heterocycles. The molecule has 5 rings (SSSR count). The molecule has 0 bridgehead atoms. The second-order valence-electron chi connectivity index (χ2n) is 7.27. The van der Waals surface area contributed by atoms with Gasteiger partial charge in [-0.15, -0.1) is 0 Å². The van der Waals surface area contributed by atoms with Crippen LogP contribution in [0.3, 0.4) is 0 Å². The number of para-hydroxylation sites is 1. The number of nitrogens with one attached hydrogen (secondary N) is 3. The van der Waals surface area contributed by atoms with Crippen LogP contribution in [0.2, 0.25) is 5.02 Å². The van der Waals surface area contributed by atoms with Gasteiger partial charge in [-0.1, -0.05) is 59.2 Å². The molecule has 0 atom stereocenters. The third-order valence-electron chi connectivity index (χ3n) is 5.02. The van der Waals surface area contributed by atoms with Gasteiger partial charge in [0.05, 0.1) is 11.2 Å². The highest BCUT2D eigenvalue weighted by Gasteiger charge is 2.17. The van der Waals surface area contributed by atoms with E-state index < -0.39 is 5.76 Å². The summed E-state index contributed by atoms with van der Waals surface area (Å²) < 4.78 is 10.6. The summed E-state index contributed by atoms with van der Waals surface area (Å²) in [6.07, 6.45) is 0. The first-order chi connectivity index (χ1) is 16.1. The van der Waals surface area contributed by atoms with E-state index in [9.17, 15) is 9.59 Å². The summed E-state index contributed by atoms with van der Waals surface area (Å²) in [5.41, 5.74) is 2.93. The molecule has 9 heteroatoms. The number of halogens is 1. The second kappa shape index (κ2) is 8.68. The van der Waals surface area contributed by atoms with Crippen LogP contribution in [0.4, 0.5) is 5.69 Å². The van der Waals surface area contributed by atoms with Crippen molar-refractivity contribution < 1.29 is 14.1 Å². The summed E-state index contributed by atoms with van der Waals surface area (Å²) in [5.74, 6) is -0.288. The SMILES string of the molecule is O=C(Nc1ccc(Cl)cc1-c1noc(=O)[nH]1)c1cc2cccc(OCc3ccccc3)c2[nH]1. The number of rotatable bonds is 6. The van der Waals surface area contributed by atoms with E-state index in [0.29, 0.717) is 34.3 Å². The van der Waals surface area contributed by atoms with Gasteiger partial charge in [0.1, 0.15) is 18.1 Å². The quantitative estimate of drug-likeness (QED) is 0.330. The number of carbonyl (C=O) groups excluding carboxylic acids is 1. The molecule has 3 aromatic carbocycles. The Balaban J connectivity index is 1.41. The average Bonchev–Trinajstić information content (AvgIpc) is 3.46. The molecular formula is C24H17ClN4O4. The normalized spacial score (nSPS) is 10.9. The smallest absolute Gasteiger partial charge is 0.439 e. The van der Waals surface area contributed by atoms with Crippen molar-refractivity contribution >= 4 is 34.1 Å². The largest absolute Gasteiger partial charge is 0.487 e. The van der Waals surface area contributed by atoms with Gasteiger partial charge in [0.2, 0.25) is 0 Å². The maximum atomic E-state index is 13.0. The van der Waals surface area contributed by atoms with E-state index >= 15 is 0 Å². The molecule has 164 valence electrons. The van der Waals surface area contributed by atoms with Gasteiger partial charge in [-0.3, -0.25) is 14.3 Å². The Morgan fingerprint density at radius 3 is 2.67 bits per heavy atom. The summed E-state index contributed by atoms with van der Waals surface area (Å²) in [6.45, 7) is 0.407. The number of benzene rings is 3. The van der Waals surface area contributed by atoms with Crippen LogP contribution < -0.4 is 15.8 Å². The van der Waals surface area contributed by atoms with E-state index in [4.69, 9.17) is 16.3 Å². The fourth-order valence-corrected chi connectivity index (χ4v) is 3.64. The standard InChI is InChI=1S/C24H17ClN4O4/c25-16-9-10-18(17(12-16)22-28-24(31)33-29-22)27-23(30)19-11-15-7-4-8-20(21(15)26-19)32-13-14-5-2-1-3-6-14/h1-12,26H,13H2,(H,27,30)(H,28,29,31). The minimum Gasteiger partial charge on any atom is -0.487 e. The number of carbonyl (C=O) groups is 1. The van der Waals surface area contributed by atoms with Gasteiger partial charge in [-0.05, 0) is 35.9 Å². The first kappa shape index (κ1) is 20.6. The average molecular weight is 461 g/mol. The number of aromatic amines is 2. The molecule has 0 saturated carbocycles. The van der Waals surface area contributed by atoms with Gasteiger partial charge in [-0.25, -0.2) is 4.79 Å². The molecule has 3 N–H and O–H groups in total. The number of hydrogen-bond donors (Lipinski definition) is 3.